The van der Waals surface area contributed by atoms with Gasteiger partial charge >= 0.3 is 0 Å². The van der Waals surface area contributed by atoms with Gasteiger partial charge in [-0.1, -0.05) is 12.1 Å². The molecular weight excluding hydrogens is 244 g/mol. The van der Waals surface area contributed by atoms with Gasteiger partial charge in [0.15, 0.2) is 0 Å². The van der Waals surface area contributed by atoms with Gasteiger partial charge in [-0.05, 0) is 23.6 Å². The normalized spacial score (nSPS) is 12.7. The molecule has 0 radical (unpaired) electrons. The third-order valence-electron chi connectivity index (χ3n) is 3.12. The molecule has 0 N–H and O–H groups in total. The van der Waals surface area contributed by atoms with Crippen molar-refractivity contribution in [3.8, 4) is 22.7 Å². The number of nitrogens with zero attached hydrogens (tertiary/aromatic N) is 2. The highest BCUT2D eigenvalue weighted by molar-refractivity contribution is 7.08. The van der Waals surface area contributed by atoms with Gasteiger partial charge in [-0.3, -0.25) is 0 Å². The summed E-state index contributed by atoms with van der Waals surface area (Å²) in [7, 11) is 0. The van der Waals surface area contributed by atoms with Gasteiger partial charge < -0.3 is 4.74 Å². The van der Waals surface area contributed by atoms with Crippen molar-refractivity contribution < 1.29 is 4.74 Å². The fourth-order valence-corrected chi connectivity index (χ4v) is 2.91. The SMILES string of the molecule is c1ccc2c(c1)OCc1cnn(-c3ccsc3)c1-2. The van der Waals surface area contributed by atoms with Crippen LogP contribution in [0.4, 0.5) is 0 Å². The van der Waals surface area contributed by atoms with Crippen molar-refractivity contribution in [2.24, 2.45) is 0 Å². The van der Waals surface area contributed by atoms with Crippen molar-refractivity contribution >= 4 is 11.3 Å². The fraction of sp³-hybridized carbons (Fsp3) is 0.0714. The molecule has 4 heteroatoms. The molecule has 18 heavy (non-hydrogen) atoms. The third-order valence-corrected chi connectivity index (χ3v) is 3.79. The highest BCUT2D eigenvalue weighted by atomic mass is 32.1. The van der Waals surface area contributed by atoms with Gasteiger partial charge in [0.05, 0.1) is 17.6 Å². The minimum atomic E-state index is 0.594. The number of thiophene rings is 1. The number of ether oxygens (including phenoxy) is 1. The number of hydrogen-bond donors (Lipinski definition) is 0. The van der Waals surface area contributed by atoms with Gasteiger partial charge in [0.25, 0.3) is 0 Å². The highest BCUT2D eigenvalue weighted by Gasteiger charge is 2.22. The van der Waals surface area contributed by atoms with Gasteiger partial charge in [0, 0.05) is 16.5 Å². The molecule has 1 aliphatic rings. The van der Waals surface area contributed by atoms with E-state index >= 15 is 0 Å². The van der Waals surface area contributed by atoms with E-state index in [1.165, 1.54) is 0 Å². The summed E-state index contributed by atoms with van der Waals surface area (Å²) in [6.45, 7) is 0.594. The first-order valence-electron chi connectivity index (χ1n) is 5.75. The van der Waals surface area contributed by atoms with Crippen LogP contribution in [0, 0.1) is 0 Å². The lowest BCUT2D eigenvalue weighted by Crippen LogP contribution is -2.07. The Morgan fingerprint density at radius 3 is 3.06 bits per heavy atom. The Bertz CT molecular complexity index is 700. The van der Waals surface area contributed by atoms with Crippen molar-refractivity contribution in [2.45, 2.75) is 6.61 Å². The Kier molecular flexibility index (Phi) is 2.04. The molecule has 88 valence electrons. The summed E-state index contributed by atoms with van der Waals surface area (Å²) in [6.07, 6.45) is 1.89. The number of fused-ring (bicyclic) bond motifs is 3. The minimum Gasteiger partial charge on any atom is -0.488 e. The van der Waals surface area contributed by atoms with Crippen LogP contribution in [0.15, 0.2) is 47.3 Å². The molecule has 1 aromatic carbocycles. The minimum absolute atomic E-state index is 0.594. The number of benzene rings is 1. The van der Waals surface area contributed by atoms with Crippen molar-refractivity contribution in [2.75, 3.05) is 0 Å². The van der Waals surface area contributed by atoms with E-state index in [1.54, 1.807) is 11.3 Å². The van der Waals surface area contributed by atoms with Crippen LogP contribution in [-0.2, 0) is 6.61 Å². The average molecular weight is 254 g/mol. The lowest BCUT2D eigenvalue weighted by atomic mass is 10.0. The Morgan fingerprint density at radius 1 is 1.22 bits per heavy atom. The van der Waals surface area contributed by atoms with Crippen LogP contribution in [0.1, 0.15) is 5.56 Å². The standard InChI is InChI=1S/C14H10N2OS/c1-2-4-13-12(3-1)14-10(8-17-13)7-15-16(14)11-5-6-18-9-11/h1-7,9H,8H2. The van der Waals surface area contributed by atoms with E-state index in [4.69, 9.17) is 4.74 Å². The number of aromatic nitrogens is 2. The molecule has 0 bridgehead atoms. The second kappa shape index (κ2) is 3.71. The summed E-state index contributed by atoms with van der Waals surface area (Å²) >= 11 is 1.68. The van der Waals surface area contributed by atoms with Crippen molar-refractivity contribution in [3.05, 3.63) is 52.9 Å². The van der Waals surface area contributed by atoms with E-state index in [0.717, 1.165) is 28.3 Å². The first-order chi connectivity index (χ1) is 8.93. The van der Waals surface area contributed by atoms with E-state index in [9.17, 15) is 0 Å². The molecule has 0 amide bonds. The average Bonchev–Trinajstić information content (AvgIpc) is 3.07. The Balaban J connectivity index is 2.00. The zero-order valence-electron chi connectivity index (χ0n) is 9.54. The van der Waals surface area contributed by atoms with Crippen LogP contribution in [0.2, 0.25) is 0 Å². The second-order valence-electron chi connectivity index (χ2n) is 4.20. The van der Waals surface area contributed by atoms with Gasteiger partial charge in [0.2, 0.25) is 0 Å². The molecule has 0 fully saturated rings. The molecule has 2 aromatic heterocycles. The topological polar surface area (TPSA) is 27.1 Å². The number of rotatable bonds is 1. The van der Waals surface area contributed by atoms with Crippen molar-refractivity contribution in [1.82, 2.24) is 9.78 Å². The lowest BCUT2D eigenvalue weighted by Gasteiger charge is -2.18. The van der Waals surface area contributed by atoms with Gasteiger partial charge in [-0.25, -0.2) is 4.68 Å². The summed E-state index contributed by atoms with van der Waals surface area (Å²) in [5.41, 5.74) is 4.51. The molecule has 1 aliphatic heterocycles. The Hall–Kier alpha value is -2.07. The summed E-state index contributed by atoms with van der Waals surface area (Å²) in [5, 5.41) is 8.65. The van der Waals surface area contributed by atoms with E-state index in [0.29, 0.717) is 6.61 Å². The number of para-hydroxylation sites is 1. The summed E-state index contributed by atoms with van der Waals surface area (Å²) in [5.74, 6) is 0.932. The van der Waals surface area contributed by atoms with E-state index < -0.39 is 0 Å². The predicted octanol–water partition coefficient (Wildman–Crippen LogP) is 3.49. The van der Waals surface area contributed by atoms with Crippen LogP contribution in [0.25, 0.3) is 16.9 Å². The molecule has 0 saturated carbocycles. The molecule has 0 atom stereocenters. The number of hydrogen-bond acceptors (Lipinski definition) is 3. The van der Waals surface area contributed by atoms with Gasteiger partial charge in [-0.2, -0.15) is 16.4 Å². The molecule has 0 aliphatic carbocycles. The van der Waals surface area contributed by atoms with Crippen LogP contribution in [-0.4, -0.2) is 9.78 Å². The van der Waals surface area contributed by atoms with Crippen LogP contribution < -0.4 is 4.74 Å². The van der Waals surface area contributed by atoms with E-state index in [-0.39, 0.29) is 0 Å². The highest BCUT2D eigenvalue weighted by Crippen LogP contribution is 2.38. The van der Waals surface area contributed by atoms with Crippen LogP contribution >= 0.6 is 11.3 Å². The molecule has 0 saturated heterocycles. The lowest BCUT2D eigenvalue weighted by molar-refractivity contribution is 0.302. The van der Waals surface area contributed by atoms with E-state index in [2.05, 4.69) is 28.0 Å². The third kappa shape index (κ3) is 1.32. The second-order valence-corrected chi connectivity index (χ2v) is 4.98. The van der Waals surface area contributed by atoms with Crippen molar-refractivity contribution in [1.29, 1.82) is 0 Å². The maximum atomic E-state index is 5.73. The quantitative estimate of drug-likeness (QED) is 0.664. The maximum Gasteiger partial charge on any atom is 0.129 e. The van der Waals surface area contributed by atoms with E-state index in [1.807, 2.05) is 29.1 Å². The summed E-state index contributed by atoms with van der Waals surface area (Å²) in [6, 6.07) is 10.2. The predicted molar refractivity (Wildman–Crippen MR) is 71.2 cm³/mol. The van der Waals surface area contributed by atoms with Gasteiger partial charge in [-0.15, -0.1) is 0 Å². The summed E-state index contributed by atoms with van der Waals surface area (Å²) in [4.78, 5) is 0. The fourth-order valence-electron chi connectivity index (χ4n) is 2.29. The Labute approximate surface area is 108 Å². The molecule has 3 heterocycles. The van der Waals surface area contributed by atoms with Gasteiger partial charge in [0.1, 0.15) is 12.4 Å². The Morgan fingerprint density at radius 2 is 2.17 bits per heavy atom. The smallest absolute Gasteiger partial charge is 0.129 e. The van der Waals surface area contributed by atoms with Crippen LogP contribution in [0.3, 0.4) is 0 Å². The first kappa shape index (κ1) is 9.91. The molecule has 4 rings (SSSR count). The van der Waals surface area contributed by atoms with Crippen LogP contribution in [0.5, 0.6) is 5.75 Å². The monoisotopic (exact) mass is 254 g/mol. The first-order valence-corrected chi connectivity index (χ1v) is 6.69. The molecule has 0 spiro atoms. The zero-order chi connectivity index (χ0) is 11.9. The zero-order valence-corrected chi connectivity index (χ0v) is 10.4. The molecular formula is C14H10N2OS. The molecule has 3 nitrogen and oxygen atoms in total. The molecule has 0 unspecified atom stereocenters. The largest absolute Gasteiger partial charge is 0.488 e. The molecule has 3 aromatic rings. The summed E-state index contributed by atoms with van der Waals surface area (Å²) < 4.78 is 7.72. The van der Waals surface area contributed by atoms with Crippen molar-refractivity contribution in [3.63, 3.8) is 0 Å². The maximum absolute atomic E-state index is 5.73.